The first kappa shape index (κ1) is 13.7. The predicted molar refractivity (Wildman–Crippen MR) is 65.6 cm³/mol. The molecule has 1 unspecified atom stereocenters. The lowest BCUT2D eigenvalue weighted by atomic mass is 9.82. The van der Waals surface area contributed by atoms with Gasteiger partial charge in [-0.05, 0) is 26.2 Å². The van der Waals surface area contributed by atoms with Gasteiger partial charge in [0.1, 0.15) is 0 Å². The zero-order valence-corrected chi connectivity index (χ0v) is 10.4. The quantitative estimate of drug-likeness (QED) is 0.697. The summed E-state index contributed by atoms with van der Waals surface area (Å²) < 4.78 is 0. The Morgan fingerprint density at radius 3 is 2.53 bits per heavy atom. The lowest BCUT2D eigenvalue weighted by Gasteiger charge is -2.24. The van der Waals surface area contributed by atoms with E-state index in [1.54, 1.807) is 6.08 Å². The van der Waals surface area contributed by atoms with Gasteiger partial charge in [0.2, 0.25) is 5.91 Å². The van der Waals surface area contributed by atoms with Gasteiger partial charge < -0.3 is 10.4 Å². The fourth-order valence-electron chi connectivity index (χ4n) is 2.46. The van der Waals surface area contributed by atoms with Crippen molar-refractivity contribution in [2.45, 2.75) is 51.5 Å². The van der Waals surface area contributed by atoms with Crippen molar-refractivity contribution in [3.63, 3.8) is 0 Å². The maximum Gasteiger partial charge on any atom is 0.310 e. The first-order valence-corrected chi connectivity index (χ1v) is 6.14. The minimum atomic E-state index is -0.832. The number of rotatable bonds is 6. The molecule has 0 aromatic carbocycles. The number of hydrogen-bond donors (Lipinski definition) is 2. The molecule has 0 saturated heterocycles. The summed E-state index contributed by atoms with van der Waals surface area (Å²) in [6.07, 6.45) is 5.59. The van der Waals surface area contributed by atoms with Crippen LogP contribution in [-0.4, -0.2) is 23.0 Å². The predicted octanol–water partition coefficient (Wildman–Crippen LogP) is 2.10. The van der Waals surface area contributed by atoms with Gasteiger partial charge in [-0.25, -0.2) is 0 Å². The lowest BCUT2D eigenvalue weighted by Crippen LogP contribution is -2.39. The van der Waals surface area contributed by atoms with Crippen molar-refractivity contribution >= 4 is 11.9 Å². The molecule has 96 valence electrons. The van der Waals surface area contributed by atoms with Gasteiger partial charge in [0, 0.05) is 12.5 Å². The first-order chi connectivity index (χ1) is 8.00. The van der Waals surface area contributed by atoms with Crippen molar-refractivity contribution in [1.82, 2.24) is 5.32 Å². The van der Waals surface area contributed by atoms with Crippen LogP contribution in [0.5, 0.6) is 0 Å². The molecule has 0 aliphatic heterocycles. The van der Waals surface area contributed by atoms with Crippen LogP contribution in [0.4, 0.5) is 0 Å². The summed E-state index contributed by atoms with van der Waals surface area (Å²) in [6.45, 7) is 5.50. The van der Waals surface area contributed by atoms with E-state index in [2.05, 4.69) is 11.9 Å². The van der Waals surface area contributed by atoms with Crippen LogP contribution < -0.4 is 5.32 Å². The zero-order valence-electron chi connectivity index (χ0n) is 10.4. The number of hydrogen-bond acceptors (Lipinski definition) is 2. The zero-order chi connectivity index (χ0) is 12.9. The van der Waals surface area contributed by atoms with E-state index in [9.17, 15) is 14.7 Å². The van der Waals surface area contributed by atoms with Crippen molar-refractivity contribution in [2.75, 3.05) is 0 Å². The van der Waals surface area contributed by atoms with Crippen molar-refractivity contribution in [3.8, 4) is 0 Å². The van der Waals surface area contributed by atoms with E-state index in [1.807, 2.05) is 6.92 Å². The van der Waals surface area contributed by atoms with Crippen LogP contribution in [0.1, 0.15) is 45.4 Å². The van der Waals surface area contributed by atoms with E-state index in [0.717, 1.165) is 12.8 Å². The van der Waals surface area contributed by atoms with Gasteiger partial charge >= 0.3 is 5.97 Å². The third-order valence-electron chi connectivity index (χ3n) is 3.44. The molecule has 0 aromatic heterocycles. The molecule has 0 spiro atoms. The highest BCUT2D eigenvalue weighted by molar-refractivity contribution is 5.85. The Kier molecular flexibility index (Phi) is 4.73. The smallest absolute Gasteiger partial charge is 0.310 e. The van der Waals surface area contributed by atoms with E-state index in [4.69, 9.17) is 0 Å². The van der Waals surface area contributed by atoms with Gasteiger partial charge in [0.05, 0.1) is 5.41 Å². The minimum absolute atomic E-state index is 0.0206. The molecule has 2 N–H and O–H groups in total. The van der Waals surface area contributed by atoms with Crippen LogP contribution in [0.25, 0.3) is 0 Å². The highest BCUT2D eigenvalue weighted by Crippen LogP contribution is 2.41. The van der Waals surface area contributed by atoms with Crippen molar-refractivity contribution in [3.05, 3.63) is 12.7 Å². The molecular weight excluding hydrogens is 218 g/mol. The molecule has 0 radical (unpaired) electrons. The molecule has 4 heteroatoms. The topological polar surface area (TPSA) is 66.4 Å². The van der Waals surface area contributed by atoms with Crippen LogP contribution in [0, 0.1) is 5.41 Å². The summed E-state index contributed by atoms with van der Waals surface area (Å²) in [5.74, 6) is -0.995. The Hall–Kier alpha value is -1.32. The average molecular weight is 239 g/mol. The van der Waals surface area contributed by atoms with Crippen molar-refractivity contribution < 1.29 is 14.7 Å². The monoisotopic (exact) mass is 239 g/mol. The molecule has 0 heterocycles. The highest BCUT2D eigenvalue weighted by atomic mass is 16.4. The Balaban J connectivity index is 2.53. The number of carbonyl (C=O) groups excluding carboxylic acids is 1. The van der Waals surface area contributed by atoms with E-state index >= 15 is 0 Å². The fourth-order valence-corrected chi connectivity index (χ4v) is 2.46. The number of aliphatic carboxylic acids is 1. The Morgan fingerprint density at radius 1 is 1.47 bits per heavy atom. The largest absolute Gasteiger partial charge is 0.481 e. The van der Waals surface area contributed by atoms with E-state index in [1.165, 1.54) is 0 Å². The van der Waals surface area contributed by atoms with Crippen LogP contribution in [-0.2, 0) is 9.59 Å². The second-order valence-electron chi connectivity index (χ2n) is 4.96. The van der Waals surface area contributed by atoms with Crippen molar-refractivity contribution in [2.24, 2.45) is 5.41 Å². The van der Waals surface area contributed by atoms with Gasteiger partial charge in [-0.3, -0.25) is 9.59 Å². The molecule has 1 aliphatic rings. The Morgan fingerprint density at radius 2 is 2.06 bits per heavy atom. The van der Waals surface area contributed by atoms with Gasteiger partial charge in [-0.15, -0.1) is 6.58 Å². The summed E-state index contributed by atoms with van der Waals surface area (Å²) in [5, 5.41) is 12.1. The van der Waals surface area contributed by atoms with Crippen LogP contribution in [0.3, 0.4) is 0 Å². The number of carbonyl (C=O) groups is 2. The molecule has 4 nitrogen and oxygen atoms in total. The van der Waals surface area contributed by atoms with E-state index in [0.29, 0.717) is 19.3 Å². The molecule has 1 amide bonds. The minimum Gasteiger partial charge on any atom is -0.481 e. The fraction of sp³-hybridized carbons (Fsp3) is 0.692. The van der Waals surface area contributed by atoms with Gasteiger partial charge in [-0.1, -0.05) is 18.9 Å². The molecule has 1 saturated carbocycles. The van der Waals surface area contributed by atoms with Crippen LogP contribution in [0.2, 0.25) is 0 Å². The second-order valence-corrected chi connectivity index (χ2v) is 4.96. The molecule has 1 fully saturated rings. The number of amides is 1. The molecule has 0 aromatic rings. The Bertz CT molecular complexity index is 306. The SMILES string of the molecule is C=CCC(C)NC(=O)CC1(C(=O)O)CCCC1. The number of carboxylic acids is 1. The van der Waals surface area contributed by atoms with Crippen LogP contribution in [0.15, 0.2) is 12.7 Å². The molecular formula is C13H21NO3. The van der Waals surface area contributed by atoms with E-state index < -0.39 is 11.4 Å². The molecule has 0 bridgehead atoms. The average Bonchev–Trinajstić information content (AvgIpc) is 2.67. The Labute approximate surface area is 102 Å². The number of nitrogens with one attached hydrogen (secondary N) is 1. The normalized spacial score (nSPS) is 19.6. The van der Waals surface area contributed by atoms with E-state index in [-0.39, 0.29) is 18.4 Å². The third kappa shape index (κ3) is 3.58. The second kappa shape index (κ2) is 5.84. The maximum atomic E-state index is 11.8. The third-order valence-corrected chi connectivity index (χ3v) is 3.44. The van der Waals surface area contributed by atoms with Gasteiger partial charge in [0.15, 0.2) is 0 Å². The van der Waals surface area contributed by atoms with Crippen LogP contribution >= 0.6 is 0 Å². The molecule has 1 aliphatic carbocycles. The summed E-state index contributed by atoms with van der Waals surface area (Å²) in [7, 11) is 0. The van der Waals surface area contributed by atoms with Gasteiger partial charge in [-0.2, -0.15) is 0 Å². The molecule has 17 heavy (non-hydrogen) atoms. The summed E-state index contributed by atoms with van der Waals surface area (Å²) in [5.41, 5.74) is -0.821. The number of carboxylic acid groups (broad SMARTS) is 1. The highest BCUT2D eigenvalue weighted by Gasteiger charge is 2.42. The summed E-state index contributed by atoms with van der Waals surface area (Å²) in [6, 6.07) is 0.0206. The maximum absolute atomic E-state index is 11.8. The first-order valence-electron chi connectivity index (χ1n) is 6.14. The summed E-state index contributed by atoms with van der Waals surface area (Å²) in [4.78, 5) is 23.1. The molecule has 1 atom stereocenters. The lowest BCUT2D eigenvalue weighted by molar-refractivity contribution is -0.151. The molecule has 1 rings (SSSR count). The van der Waals surface area contributed by atoms with Gasteiger partial charge in [0.25, 0.3) is 0 Å². The standard InChI is InChI=1S/C13H21NO3/c1-3-6-10(2)14-11(15)9-13(12(16)17)7-4-5-8-13/h3,10H,1,4-9H2,2H3,(H,14,15)(H,16,17). The van der Waals surface area contributed by atoms with Crippen molar-refractivity contribution in [1.29, 1.82) is 0 Å². The summed E-state index contributed by atoms with van der Waals surface area (Å²) >= 11 is 0.